The van der Waals surface area contributed by atoms with E-state index in [9.17, 15) is 4.57 Å². The number of likely N-dealkylation sites (N-methyl/N-ethyl adjacent to an activating group) is 1. The average molecular weight is 739 g/mol. The average Bonchev–Trinajstić information content (AvgIpc) is 3.57. The quantitative estimate of drug-likeness (QED) is 0.196. The Morgan fingerprint density at radius 3 is 2.35 bits per heavy atom. The Morgan fingerprint density at radius 2 is 1.69 bits per heavy atom. The third-order valence-electron chi connectivity index (χ3n) is 9.25. The van der Waals surface area contributed by atoms with Crippen LogP contribution in [0.4, 0.5) is 28.8 Å². The molecule has 2 aliphatic rings. The van der Waals surface area contributed by atoms with E-state index < -0.39 is 7.14 Å². The van der Waals surface area contributed by atoms with Crippen molar-refractivity contribution < 1.29 is 14.0 Å². The molecular weight excluding hydrogens is 693 g/mol. The topological polar surface area (TPSA) is 113 Å². The molecule has 4 heterocycles. The Labute approximate surface area is 291 Å². The summed E-state index contributed by atoms with van der Waals surface area (Å²) < 4.78 is 27.0. The van der Waals surface area contributed by atoms with Gasteiger partial charge in [-0.1, -0.05) is 0 Å². The highest BCUT2D eigenvalue weighted by Gasteiger charge is 2.28. The molecule has 0 bridgehead atoms. The van der Waals surface area contributed by atoms with Crippen molar-refractivity contribution in [2.45, 2.75) is 25.8 Å². The smallest absolute Gasteiger partial charge is 0.229 e. The van der Waals surface area contributed by atoms with Crippen molar-refractivity contribution >= 4 is 57.2 Å². The maximum absolute atomic E-state index is 13.4. The minimum atomic E-state index is -2.70. The first-order valence-corrected chi connectivity index (χ1v) is 19.6. The summed E-state index contributed by atoms with van der Waals surface area (Å²) in [5.74, 6) is 2.42. The molecule has 2 aliphatic heterocycles. The summed E-state index contributed by atoms with van der Waals surface area (Å²) in [4.78, 5) is 16.9. The molecule has 2 saturated heterocycles. The number of nitrogens with zero attached hydrogens (tertiary/aromatic N) is 7. The lowest BCUT2D eigenvalue weighted by atomic mass is 10.0. The van der Waals surface area contributed by atoms with Crippen LogP contribution in [-0.4, -0.2) is 109 Å². The van der Waals surface area contributed by atoms with E-state index in [0.29, 0.717) is 39.0 Å². The Morgan fingerprint density at radius 1 is 0.938 bits per heavy atom. The summed E-state index contributed by atoms with van der Waals surface area (Å²) in [6.45, 7) is 12.2. The molecule has 0 aliphatic carbocycles. The fraction of sp³-hybridized carbons (Fsp3) is 0.441. The second kappa shape index (κ2) is 14.5. The number of benzene rings is 2. The van der Waals surface area contributed by atoms with Crippen molar-refractivity contribution in [3.05, 3.63) is 59.0 Å². The van der Waals surface area contributed by atoms with Crippen LogP contribution in [0.5, 0.6) is 11.5 Å². The van der Waals surface area contributed by atoms with Crippen LogP contribution in [0.1, 0.15) is 18.4 Å². The lowest BCUT2D eigenvalue weighted by Gasteiger charge is -2.42. The van der Waals surface area contributed by atoms with Crippen LogP contribution in [0.25, 0.3) is 5.69 Å². The number of aryl methyl sites for hydroxylation is 1. The zero-order valence-corrected chi connectivity index (χ0v) is 31.0. The van der Waals surface area contributed by atoms with Crippen molar-refractivity contribution in [1.82, 2.24) is 29.5 Å². The van der Waals surface area contributed by atoms with E-state index in [-0.39, 0.29) is 0 Å². The number of anilines is 5. The molecule has 0 saturated carbocycles. The van der Waals surface area contributed by atoms with Crippen LogP contribution in [0.15, 0.2) is 53.4 Å². The number of methoxy groups -OCH3 is 2. The first-order valence-electron chi connectivity index (χ1n) is 16.2. The molecule has 6 rings (SSSR count). The fourth-order valence-electron chi connectivity index (χ4n) is 6.41. The Bertz CT molecular complexity index is 1800. The predicted octanol–water partition coefficient (Wildman–Crippen LogP) is 5.70. The number of halogens is 1. The van der Waals surface area contributed by atoms with Gasteiger partial charge in [-0.3, -0.25) is 4.90 Å². The van der Waals surface area contributed by atoms with Crippen molar-refractivity contribution in [2.75, 3.05) is 89.4 Å². The Balaban J connectivity index is 1.19. The van der Waals surface area contributed by atoms with E-state index in [1.807, 2.05) is 24.3 Å². The second-order valence-corrected chi connectivity index (χ2v) is 17.0. The molecule has 256 valence electrons. The Kier molecular flexibility index (Phi) is 10.3. The number of hydrogen-bond acceptors (Lipinski definition) is 11. The molecule has 0 unspecified atom stereocenters. The normalized spacial score (nSPS) is 16.6. The number of rotatable bonds is 10. The van der Waals surface area contributed by atoms with Crippen molar-refractivity contribution in [1.29, 1.82) is 0 Å². The molecule has 14 heteroatoms. The van der Waals surface area contributed by atoms with Crippen LogP contribution >= 0.6 is 23.1 Å². The molecule has 2 N–H and O–H groups in total. The summed E-state index contributed by atoms with van der Waals surface area (Å²) >= 11 is 3.59. The summed E-state index contributed by atoms with van der Waals surface area (Å²) in [5, 5.41) is 11.8. The molecule has 48 heavy (non-hydrogen) atoms. The summed E-state index contributed by atoms with van der Waals surface area (Å²) in [6, 6.07) is 10.6. The molecule has 0 spiro atoms. The number of piperazine rings is 1. The molecular formula is C34H45BrN9O3P. The van der Waals surface area contributed by atoms with E-state index in [0.717, 1.165) is 80.5 Å². The van der Waals surface area contributed by atoms with Crippen molar-refractivity contribution in [3.63, 3.8) is 0 Å². The van der Waals surface area contributed by atoms with E-state index in [1.54, 1.807) is 50.8 Å². The highest BCUT2D eigenvalue weighted by Crippen LogP contribution is 2.40. The maximum Gasteiger partial charge on any atom is 0.229 e. The maximum atomic E-state index is 13.4. The molecule has 4 aromatic rings. The summed E-state index contributed by atoms with van der Waals surface area (Å²) in [6.07, 6.45) is 7.43. The SMILES string of the molecule is COc1cnn(-c2ccc(Nc3nc(Nc4cc(OC)c(N5CCC(N6CCN(C)CC6)CC5)cc4C)ncc3Br)c(P(C)(C)=O)c2)c1. The highest BCUT2D eigenvalue weighted by atomic mass is 79.9. The second-order valence-electron chi connectivity index (χ2n) is 12.9. The zero-order chi connectivity index (χ0) is 34.0. The third-order valence-corrected chi connectivity index (χ3v) is 11.4. The molecule has 0 radical (unpaired) electrons. The van der Waals surface area contributed by atoms with Gasteiger partial charge in [-0.15, -0.1) is 0 Å². The van der Waals surface area contributed by atoms with E-state index in [2.05, 4.69) is 71.4 Å². The van der Waals surface area contributed by atoms with Gasteiger partial charge >= 0.3 is 0 Å². The number of nitrogens with one attached hydrogen (secondary N) is 2. The largest absolute Gasteiger partial charge is 0.495 e. The monoisotopic (exact) mass is 737 g/mol. The third kappa shape index (κ3) is 7.64. The van der Waals surface area contributed by atoms with Gasteiger partial charge in [0.1, 0.15) is 18.7 Å². The number of hydrogen-bond donors (Lipinski definition) is 2. The fourth-order valence-corrected chi connectivity index (χ4v) is 7.85. The minimum absolute atomic E-state index is 0.421. The lowest BCUT2D eigenvalue weighted by molar-refractivity contribution is 0.0981. The van der Waals surface area contributed by atoms with Crippen molar-refractivity contribution in [2.24, 2.45) is 0 Å². The van der Waals surface area contributed by atoms with E-state index in [1.165, 1.54) is 0 Å². The van der Waals surface area contributed by atoms with E-state index in [4.69, 9.17) is 14.5 Å². The van der Waals surface area contributed by atoms with Gasteiger partial charge in [0.2, 0.25) is 5.95 Å². The zero-order valence-electron chi connectivity index (χ0n) is 28.5. The summed E-state index contributed by atoms with van der Waals surface area (Å²) in [5.41, 5.74) is 4.51. The highest BCUT2D eigenvalue weighted by molar-refractivity contribution is 9.10. The predicted molar refractivity (Wildman–Crippen MR) is 198 cm³/mol. The van der Waals surface area contributed by atoms with Crippen molar-refractivity contribution in [3.8, 4) is 17.2 Å². The molecule has 2 aromatic carbocycles. The van der Waals surface area contributed by atoms with Gasteiger partial charge in [0.25, 0.3) is 0 Å². The van der Waals surface area contributed by atoms with Gasteiger partial charge in [-0.2, -0.15) is 10.1 Å². The van der Waals surface area contributed by atoms with Crippen LogP contribution in [0.3, 0.4) is 0 Å². The first kappa shape index (κ1) is 34.2. The number of piperidine rings is 1. The van der Waals surface area contributed by atoms with Gasteiger partial charge in [-0.05, 0) is 85.9 Å². The van der Waals surface area contributed by atoms with Gasteiger partial charge in [-0.25, -0.2) is 9.67 Å². The molecule has 2 aromatic heterocycles. The first-order chi connectivity index (χ1) is 23.0. The van der Waals surface area contributed by atoms with Gasteiger partial charge in [0.15, 0.2) is 5.75 Å². The minimum Gasteiger partial charge on any atom is -0.495 e. The van der Waals surface area contributed by atoms with Crippen LogP contribution in [0, 0.1) is 6.92 Å². The molecule has 12 nitrogen and oxygen atoms in total. The number of ether oxygens (including phenoxy) is 2. The number of aromatic nitrogens is 4. The molecule has 2 fully saturated rings. The van der Waals surface area contributed by atoms with Crippen LogP contribution in [-0.2, 0) is 4.57 Å². The van der Waals surface area contributed by atoms with Crippen LogP contribution < -0.4 is 30.3 Å². The van der Waals surface area contributed by atoms with Gasteiger partial charge < -0.3 is 34.5 Å². The lowest BCUT2D eigenvalue weighted by Crippen LogP contribution is -2.52. The standard InChI is InChI=1S/C34H45BrN9O3P/c1-23-17-30(43-11-9-24(10-12-43)42-15-13-41(2)14-16-42)31(47-4)19-29(23)39-34-36-21-27(35)33(40-34)38-28-8-7-25(18-32(28)48(5,6)45)44-22-26(46-3)20-37-44/h7-8,17-22,24H,9-16H2,1-6H3,(H2,36,38,39,40). The van der Waals surface area contributed by atoms with Crippen LogP contribution in [0.2, 0.25) is 0 Å². The van der Waals surface area contributed by atoms with E-state index >= 15 is 0 Å². The molecule has 0 amide bonds. The Hall–Kier alpha value is -3.64. The van der Waals surface area contributed by atoms with Gasteiger partial charge in [0.05, 0.1) is 48.1 Å². The van der Waals surface area contributed by atoms with Gasteiger partial charge in [0, 0.05) is 68.6 Å². The summed E-state index contributed by atoms with van der Waals surface area (Å²) in [7, 11) is 2.83. The molecule has 0 atom stereocenters.